The molecule has 0 unspecified atom stereocenters. The van der Waals surface area contributed by atoms with Crippen molar-refractivity contribution in [2.24, 2.45) is 0 Å². The first kappa shape index (κ1) is 11.5. The quantitative estimate of drug-likeness (QED) is 0.777. The SMILES string of the molecule is CN(Cc1ccccc1Cl)C(=O)CBr. The smallest absolute Gasteiger partial charge is 0.233 e. The molecular weight excluding hydrogens is 265 g/mol. The minimum atomic E-state index is 0.0462. The number of carbonyl (C=O) groups excluding carboxylic acids is 1. The van der Waals surface area contributed by atoms with Crippen LogP contribution in [0.5, 0.6) is 0 Å². The third kappa shape index (κ3) is 3.00. The highest BCUT2D eigenvalue weighted by molar-refractivity contribution is 9.09. The van der Waals surface area contributed by atoms with Gasteiger partial charge in [0.2, 0.25) is 5.91 Å². The highest BCUT2D eigenvalue weighted by atomic mass is 79.9. The van der Waals surface area contributed by atoms with Gasteiger partial charge in [-0.05, 0) is 11.6 Å². The van der Waals surface area contributed by atoms with E-state index in [9.17, 15) is 4.79 Å². The molecule has 0 aliphatic rings. The topological polar surface area (TPSA) is 20.3 Å². The fourth-order valence-electron chi connectivity index (χ4n) is 1.07. The Labute approximate surface area is 97.0 Å². The summed E-state index contributed by atoms with van der Waals surface area (Å²) < 4.78 is 0. The largest absolute Gasteiger partial charge is 0.341 e. The van der Waals surface area contributed by atoms with Gasteiger partial charge in [-0.15, -0.1) is 0 Å². The predicted molar refractivity (Wildman–Crippen MR) is 61.7 cm³/mol. The van der Waals surface area contributed by atoms with Gasteiger partial charge in [-0.2, -0.15) is 0 Å². The second kappa shape index (κ2) is 5.37. The number of alkyl halides is 1. The second-order valence-corrected chi connectivity index (χ2v) is 3.94. The number of amides is 1. The number of hydrogen-bond acceptors (Lipinski definition) is 1. The van der Waals surface area contributed by atoms with E-state index < -0.39 is 0 Å². The van der Waals surface area contributed by atoms with Gasteiger partial charge in [-0.3, -0.25) is 4.79 Å². The molecule has 0 aliphatic heterocycles. The maximum absolute atomic E-state index is 11.3. The number of benzene rings is 1. The lowest BCUT2D eigenvalue weighted by Gasteiger charge is -2.16. The van der Waals surface area contributed by atoms with Crippen LogP contribution in [0, 0.1) is 0 Å². The Balaban J connectivity index is 2.69. The molecule has 0 saturated carbocycles. The number of rotatable bonds is 3. The lowest BCUT2D eigenvalue weighted by atomic mass is 10.2. The van der Waals surface area contributed by atoms with Gasteiger partial charge in [0, 0.05) is 18.6 Å². The molecule has 0 aliphatic carbocycles. The molecule has 4 heteroatoms. The maximum atomic E-state index is 11.3. The van der Waals surface area contributed by atoms with Crippen molar-refractivity contribution in [3.63, 3.8) is 0 Å². The molecule has 1 aromatic rings. The molecule has 1 aromatic carbocycles. The van der Waals surface area contributed by atoms with Crippen LogP contribution in [-0.2, 0) is 11.3 Å². The maximum Gasteiger partial charge on any atom is 0.233 e. The van der Waals surface area contributed by atoms with Gasteiger partial charge in [-0.1, -0.05) is 45.7 Å². The van der Waals surface area contributed by atoms with Crippen molar-refractivity contribution in [2.75, 3.05) is 12.4 Å². The van der Waals surface area contributed by atoms with Crippen molar-refractivity contribution in [1.29, 1.82) is 0 Å². The molecule has 0 radical (unpaired) electrons. The van der Waals surface area contributed by atoms with Gasteiger partial charge in [0.25, 0.3) is 0 Å². The third-order valence-corrected chi connectivity index (χ3v) is 2.75. The summed E-state index contributed by atoms with van der Waals surface area (Å²) in [6, 6.07) is 7.52. The van der Waals surface area contributed by atoms with Crippen LogP contribution in [0.1, 0.15) is 5.56 Å². The van der Waals surface area contributed by atoms with Crippen LogP contribution < -0.4 is 0 Å². The van der Waals surface area contributed by atoms with Crippen LogP contribution in [0.2, 0.25) is 5.02 Å². The molecule has 76 valence electrons. The first-order chi connectivity index (χ1) is 6.65. The summed E-state index contributed by atoms with van der Waals surface area (Å²) in [4.78, 5) is 12.9. The summed E-state index contributed by atoms with van der Waals surface area (Å²) >= 11 is 9.09. The normalized spacial score (nSPS) is 9.93. The molecule has 2 nitrogen and oxygen atoms in total. The van der Waals surface area contributed by atoms with E-state index in [1.165, 1.54) is 0 Å². The molecule has 0 heterocycles. The summed E-state index contributed by atoms with van der Waals surface area (Å²) in [6.07, 6.45) is 0. The molecule has 0 aromatic heterocycles. The van der Waals surface area contributed by atoms with E-state index in [1.54, 1.807) is 11.9 Å². The first-order valence-electron chi connectivity index (χ1n) is 4.18. The van der Waals surface area contributed by atoms with Gasteiger partial charge in [0.15, 0.2) is 0 Å². The Bertz CT molecular complexity index is 330. The first-order valence-corrected chi connectivity index (χ1v) is 5.68. The summed E-state index contributed by atoms with van der Waals surface area (Å²) in [6.45, 7) is 0.546. The van der Waals surface area contributed by atoms with Crippen LogP contribution in [0.25, 0.3) is 0 Å². The zero-order valence-electron chi connectivity index (χ0n) is 7.84. The minimum Gasteiger partial charge on any atom is -0.341 e. The number of hydrogen-bond donors (Lipinski definition) is 0. The van der Waals surface area contributed by atoms with Gasteiger partial charge in [-0.25, -0.2) is 0 Å². The van der Waals surface area contributed by atoms with Crippen molar-refractivity contribution < 1.29 is 4.79 Å². The number of nitrogens with zero attached hydrogens (tertiary/aromatic N) is 1. The van der Waals surface area contributed by atoms with Crippen LogP contribution in [0.3, 0.4) is 0 Å². The Kier molecular flexibility index (Phi) is 4.42. The third-order valence-electron chi connectivity index (χ3n) is 1.91. The lowest BCUT2D eigenvalue weighted by molar-refractivity contribution is -0.127. The molecular formula is C10H11BrClNO. The Morgan fingerprint density at radius 1 is 1.50 bits per heavy atom. The van der Waals surface area contributed by atoms with Gasteiger partial charge in [0.05, 0.1) is 5.33 Å². The van der Waals surface area contributed by atoms with E-state index in [4.69, 9.17) is 11.6 Å². The minimum absolute atomic E-state index is 0.0462. The zero-order chi connectivity index (χ0) is 10.6. The van der Waals surface area contributed by atoms with E-state index in [1.807, 2.05) is 24.3 Å². The van der Waals surface area contributed by atoms with Gasteiger partial charge < -0.3 is 4.90 Å². The molecule has 14 heavy (non-hydrogen) atoms. The van der Waals surface area contributed by atoms with Crippen LogP contribution in [-0.4, -0.2) is 23.2 Å². The van der Waals surface area contributed by atoms with Crippen LogP contribution >= 0.6 is 27.5 Å². The average Bonchev–Trinajstić information content (AvgIpc) is 2.20. The number of carbonyl (C=O) groups is 1. The van der Waals surface area contributed by atoms with E-state index in [-0.39, 0.29) is 5.91 Å². The van der Waals surface area contributed by atoms with Crippen LogP contribution in [0.4, 0.5) is 0 Å². The van der Waals surface area contributed by atoms with Crippen molar-refractivity contribution in [3.8, 4) is 0 Å². The molecule has 0 atom stereocenters. The van der Waals surface area contributed by atoms with Gasteiger partial charge in [0.1, 0.15) is 0 Å². The van der Waals surface area contributed by atoms with E-state index in [0.29, 0.717) is 16.9 Å². The predicted octanol–water partition coefficient (Wildman–Crippen LogP) is 2.69. The molecule has 1 amide bonds. The van der Waals surface area contributed by atoms with Crippen molar-refractivity contribution in [2.45, 2.75) is 6.54 Å². The Hall–Kier alpha value is -0.540. The van der Waals surface area contributed by atoms with Crippen molar-refractivity contribution >= 4 is 33.4 Å². The summed E-state index contributed by atoms with van der Waals surface area (Å²) in [5, 5.41) is 1.04. The highest BCUT2D eigenvalue weighted by Crippen LogP contribution is 2.16. The van der Waals surface area contributed by atoms with E-state index in [0.717, 1.165) is 5.56 Å². The van der Waals surface area contributed by atoms with Crippen LogP contribution in [0.15, 0.2) is 24.3 Å². The highest BCUT2D eigenvalue weighted by Gasteiger charge is 2.08. The monoisotopic (exact) mass is 275 g/mol. The molecule has 0 saturated heterocycles. The average molecular weight is 277 g/mol. The Morgan fingerprint density at radius 3 is 2.71 bits per heavy atom. The fraction of sp³-hybridized carbons (Fsp3) is 0.300. The molecule has 0 bridgehead atoms. The Morgan fingerprint density at radius 2 is 2.14 bits per heavy atom. The lowest BCUT2D eigenvalue weighted by Crippen LogP contribution is -2.27. The summed E-state index contributed by atoms with van der Waals surface area (Å²) in [7, 11) is 1.76. The molecule has 0 N–H and O–H groups in total. The fourth-order valence-corrected chi connectivity index (χ4v) is 1.70. The molecule has 0 spiro atoms. The standard InChI is InChI=1S/C10H11BrClNO/c1-13(10(14)6-11)7-8-4-2-3-5-9(8)12/h2-5H,6-7H2,1H3. The number of halogens is 2. The van der Waals surface area contributed by atoms with Crippen molar-refractivity contribution in [3.05, 3.63) is 34.9 Å². The molecule has 1 rings (SSSR count). The summed E-state index contributed by atoms with van der Waals surface area (Å²) in [5.41, 5.74) is 0.964. The van der Waals surface area contributed by atoms with Gasteiger partial charge >= 0.3 is 0 Å². The van der Waals surface area contributed by atoms with Crippen molar-refractivity contribution in [1.82, 2.24) is 4.90 Å². The molecule has 0 fully saturated rings. The van der Waals surface area contributed by atoms with E-state index >= 15 is 0 Å². The second-order valence-electron chi connectivity index (χ2n) is 2.97. The summed E-state index contributed by atoms with van der Waals surface area (Å²) in [5.74, 6) is 0.0462. The van der Waals surface area contributed by atoms with E-state index in [2.05, 4.69) is 15.9 Å². The zero-order valence-corrected chi connectivity index (χ0v) is 10.2.